The molecule has 0 saturated heterocycles. The number of hydrogen-bond donors (Lipinski definition) is 1. The fourth-order valence-electron chi connectivity index (χ4n) is 2.77. The zero-order valence-corrected chi connectivity index (χ0v) is 15.6. The van der Waals surface area contributed by atoms with Gasteiger partial charge in [0.05, 0.1) is 23.0 Å². The molecule has 148 valence electrons. The van der Waals surface area contributed by atoms with Crippen molar-refractivity contribution in [3.05, 3.63) is 60.8 Å². The molecule has 0 saturated carbocycles. The molecule has 0 radical (unpaired) electrons. The Bertz CT molecular complexity index is 1310. The maximum Gasteiger partial charge on any atom is 0.281 e. The monoisotopic (exact) mass is 416 g/mol. The van der Waals surface area contributed by atoms with Crippen LogP contribution in [0.4, 0.5) is 8.78 Å². The predicted octanol–water partition coefficient (Wildman–Crippen LogP) is 2.48. The minimum atomic E-state index is -3.58. The number of alkyl halides is 2. The SMILES string of the molecule is NCS(=O)(=O)c1cccc(-c2ccnc(-c3cnc4cnc(C(F)F)cn34)n2)c1. The fraction of sp³-hybridized carbons (Fsp3) is 0.111. The third kappa shape index (κ3) is 3.57. The van der Waals surface area contributed by atoms with Crippen molar-refractivity contribution in [2.45, 2.75) is 11.3 Å². The summed E-state index contributed by atoms with van der Waals surface area (Å²) in [6.45, 7) is 0. The molecule has 0 aliphatic carbocycles. The molecule has 0 amide bonds. The van der Waals surface area contributed by atoms with E-state index in [0.717, 1.165) is 0 Å². The van der Waals surface area contributed by atoms with Crippen LogP contribution in [0, 0.1) is 0 Å². The minimum absolute atomic E-state index is 0.0834. The molecule has 2 N–H and O–H groups in total. The van der Waals surface area contributed by atoms with Gasteiger partial charge in [0.15, 0.2) is 21.3 Å². The highest BCUT2D eigenvalue weighted by Gasteiger charge is 2.16. The molecule has 4 aromatic rings. The van der Waals surface area contributed by atoms with Gasteiger partial charge >= 0.3 is 0 Å². The van der Waals surface area contributed by atoms with Crippen molar-refractivity contribution in [3.63, 3.8) is 0 Å². The third-order valence-electron chi connectivity index (χ3n) is 4.23. The molecule has 8 nitrogen and oxygen atoms in total. The maximum absolute atomic E-state index is 13.0. The highest BCUT2D eigenvalue weighted by Crippen LogP contribution is 2.25. The Labute approximate surface area is 164 Å². The lowest BCUT2D eigenvalue weighted by Gasteiger charge is -2.07. The Hall–Kier alpha value is -3.31. The van der Waals surface area contributed by atoms with Crippen LogP contribution >= 0.6 is 0 Å². The average Bonchev–Trinajstić information content (AvgIpc) is 3.17. The van der Waals surface area contributed by atoms with Crippen molar-refractivity contribution in [2.75, 3.05) is 5.88 Å². The number of hydrogen-bond acceptors (Lipinski definition) is 7. The second-order valence-electron chi connectivity index (χ2n) is 6.06. The summed E-state index contributed by atoms with van der Waals surface area (Å²) in [7, 11) is -3.58. The Morgan fingerprint density at radius 3 is 2.69 bits per heavy atom. The highest BCUT2D eigenvalue weighted by molar-refractivity contribution is 7.91. The fourth-order valence-corrected chi connectivity index (χ4v) is 3.56. The van der Waals surface area contributed by atoms with E-state index in [4.69, 9.17) is 5.73 Å². The van der Waals surface area contributed by atoms with E-state index in [-0.39, 0.29) is 10.7 Å². The number of fused-ring (bicyclic) bond motifs is 1. The van der Waals surface area contributed by atoms with Gasteiger partial charge in [0, 0.05) is 18.0 Å². The maximum atomic E-state index is 13.0. The summed E-state index contributed by atoms with van der Waals surface area (Å²) in [6, 6.07) is 7.84. The van der Waals surface area contributed by atoms with Crippen molar-refractivity contribution in [1.82, 2.24) is 24.3 Å². The molecule has 3 heterocycles. The molecule has 0 unspecified atom stereocenters. The van der Waals surface area contributed by atoms with Crippen LogP contribution in [0.15, 0.2) is 60.0 Å². The van der Waals surface area contributed by atoms with Crippen LogP contribution in [0.25, 0.3) is 28.4 Å². The summed E-state index contributed by atoms with van der Waals surface area (Å²) in [5, 5.41) is 0. The van der Waals surface area contributed by atoms with Crippen LogP contribution in [0.3, 0.4) is 0 Å². The van der Waals surface area contributed by atoms with Crippen molar-refractivity contribution in [3.8, 4) is 22.8 Å². The van der Waals surface area contributed by atoms with E-state index in [2.05, 4.69) is 19.9 Å². The first-order valence-electron chi connectivity index (χ1n) is 8.37. The van der Waals surface area contributed by atoms with Crippen molar-refractivity contribution in [1.29, 1.82) is 0 Å². The van der Waals surface area contributed by atoms with Crippen molar-refractivity contribution >= 4 is 15.5 Å². The van der Waals surface area contributed by atoms with Gasteiger partial charge < -0.3 is 5.73 Å². The lowest BCUT2D eigenvalue weighted by Crippen LogP contribution is -2.14. The number of aromatic nitrogens is 5. The number of benzene rings is 1. The highest BCUT2D eigenvalue weighted by atomic mass is 32.2. The van der Waals surface area contributed by atoms with E-state index in [1.54, 1.807) is 18.2 Å². The summed E-state index contributed by atoms with van der Waals surface area (Å²) in [4.78, 5) is 16.6. The lowest BCUT2D eigenvalue weighted by atomic mass is 10.1. The number of halogens is 2. The van der Waals surface area contributed by atoms with Gasteiger partial charge in [0.1, 0.15) is 17.3 Å². The van der Waals surface area contributed by atoms with Gasteiger partial charge in [0.25, 0.3) is 6.43 Å². The predicted molar refractivity (Wildman–Crippen MR) is 101 cm³/mol. The summed E-state index contributed by atoms with van der Waals surface area (Å²) in [6.07, 6.45) is 2.66. The lowest BCUT2D eigenvalue weighted by molar-refractivity contribution is 0.145. The van der Waals surface area contributed by atoms with Gasteiger partial charge in [-0.05, 0) is 18.2 Å². The van der Waals surface area contributed by atoms with Crippen LogP contribution in [0.5, 0.6) is 0 Å². The number of nitrogens with zero attached hydrogens (tertiary/aromatic N) is 5. The molecule has 1 aromatic carbocycles. The normalized spacial score (nSPS) is 12.0. The van der Waals surface area contributed by atoms with Crippen molar-refractivity contribution < 1.29 is 17.2 Å². The summed E-state index contributed by atoms with van der Waals surface area (Å²) in [5.74, 6) is -0.262. The second-order valence-corrected chi connectivity index (χ2v) is 8.09. The first kappa shape index (κ1) is 19.0. The zero-order chi connectivity index (χ0) is 20.6. The molecular weight excluding hydrogens is 402 g/mol. The largest absolute Gasteiger partial charge is 0.317 e. The quantitative estimate of drug-likeness (QED) is 0.531. The molecular formula is C18H14F2N6O2S. The Morgan fingerprint density at radius 1 is 1.10 bits per heavy atom. The van der Waals surface area contributed by atoms with Crippen LogP contribution in [-0.4, -0.2) is 38.6 Å². The molecule has 0 aliphatic heterocycles. The van der Waals surface area contributed by atoms with Crippen LogP contribution in [-0.2, 0) is 9.84 Å². The second kappa shape index (κ2) is 7.26. The van der Waals surface area contributed by atoms with Crippen LogP contribution in [0.1, 0.15) is 12.1 Å². The van der Waals surface area contributed by atoms with E-state index in [1.165, 1.54) is 41.3 Å². The number of rotatable bonds is 5. The number of nitrogens with two attached hydrogens (primary N) is 1. The summed E-state index contributed by atoms with van der Waals surface area (Å²) >= 11 is 0. The van der Waals surface area contributed by atoms with Gasteiger partial charge in [-0.25, -0.2) is 37.1 Å². The molecule has 0 spiro atoms. The number of sulfone groups is 1. The van der Waals surface area contributed by atoms with E-state index >= 15 is 0 Å². The smallest absolute Gasteiger partial charge is 0.281 e. The summed E-state index contributed by atoms with van der Waals surface area (Å²) in [5.41, 5.74) is 6.70. The van der Waals surface area contributed by atoms with Gasteiger partial charge in [0.2, 0.25) is 0 Å². The molecule has 4 rings (SSSR count). The molecule has 3 aromatic heterocycles. The van der Waals surface area contributed by atoms with E-state index in [1.807, 2.05) is 0 Å². The average molecular weight is 416 g/mol. The Kier molecular flexibility index (Phi) is 4.76. The molecule has 0 atom stereocenters. The van der Waals surface area contributed by atoms with Crippen LogP contribution < -0.4 is 5.73 Å². The van der Waals surface area contributed by atoms with Crippen molar-refractivity contribution in [2.24, 2.45) is 5.73 Å². The Morgan fingerprint density at radius 2 is 1.93 bits per heavy atom. The van der Waals surface area contributed by atoms with E-state index in [9.17, 15) is 17.2 Å². The molecule has 29 heavy (non-hydrogen) atoms. The van der Waals surface area contributed by atoms with Gasteiger partial charge in [-0.3, -0.25) is 4.40 Å². The summed E-state index contributed by atoms with van der Waals surface area (Å²) < 4.78 is 51.5. The van der Waals surface area contributed by atoms with E-state index in [0.29, 0.717) is 22.6 Å². The van der Waals surface area contributed by atoms with Gasteiger partial charge in [-0.1, -0.05) is 12.1 Å². The Balaban J connectivity index is 1.80. The number of imidazole rings is 1. The third-order valence-corrected chi connectivity index (χ3v) is 5.64. The molecule has 0 fully saturated rings. The van der Waals surface area contributed by atoms with E-state index < -0.39 is 27.8 Å². The van der Waals surface area contributed by atoms with Gasteiger partial charge in [-0.2, -0.15) is 0 Å². The standard InChI is InChI=1S/C18H14F2N6O2S/c19-17(20)14-9-26-15(7-24-16(26)8-23-14)18-22-5-4-13(25-18)11-2-1-3-12(6-11)29(27,28)10-21/h1-9,17H,10,21H2. The minimum Gasteiger partial charge on any atom is -0.317 e. The first-order chi connectivity index (χ1) is 13.9. The first-order valence-corrected chi connectivity index (χ1v) is 10.0. The molecule has 0 bridgehead atoms. The molecule has 0 aliphatic rings. The van der Waals surface area contributed by atoms with Crippen LogP contribution in [0.2, 0.25) is 0 Å². The van der Waals surface area contributed by atoms with Gasteiger partial charge in [-0.15, -0.1) is 0 Å². The molecule has 11 heteroatoms. The zero-order valence-electron chi connectivity index (χ0n) is 14.8. The topological polar surface area (TPSA) is 116 Å².